The Bertz CT molecular complexity index is 442. The van der Waals surface area contributed by atoms with Crippen molar-refractivity contribution in [2.24, 2.45) is 0 Å². The Morgan fingerprint density at radius 1 is 0.765 bits per heavy atom. The molecule has 1 heteroatoms. The first-order valence-corrected chi connectivity index (χ1v) is 7.65. The van der Waals surface area contributed by atoms with Gasteiger partial charge in [0.1, 0.15) is 0 Å². The molecular formula is C16H21Br. The molecule has 0 aromatic heterocycles. The zero-order valence-corrected chi connectivity index (χ0v) is 12.7. The average Bonchev–Trinajstić information content (AvgIpc) is 2.83. The predicted molar refractivity (Wildman–Crippen MR) is 76.9 cm³/mol. The molecular weight excluding hydrogens is 272 g/mol. The second kappa shape index (κ2) is 3.85. The predicted octanol–water partition coefficient (Wildman–Crippen LogP) is 4.72. The van der Waals surface area contributed by atoms with E-state index < -0.39 is 0 Å². The molecule has 0 radical (unpaired) electrons. The van der Waals surface area contributed by atoms with Gasteiger partial charge in [0, 0.05) is 4.47 Å². The highest BCUT2D eigenvalue weighted by Gasteiger charge is 2.32. The van der Waals surface area contributed by atoms with Crippen LogP contribution in [0.4, 0.5) is 0 Å². The van der Waals surface area contributed by atoms with E-state index in [2.05, 4.69) is 36.7 Å². The van der Waals surface area contributed by atoms with Crippen LogP contribution in [0.2, 0.25) is 0 Å². The summed E-state index contributed by atoms with van der Waals surface area (Å²) in [6, 6.07) is 0. The summed E-state index contributed by atoms with van der Waals surface area (Å²) < 4.78 is 1.46. The molecule has 0 amide bonds. The smallest absolute Gasteiger partial charge is 0.0245 e. The van der Waals surface area contributed by atoms with E-state index in [-0.39, 0.29) is 0 Å². The largest absolute Gasteiger partial charge is 0.0561 e. The molecule has 0 aliphatic heterocycles. The fourth-order valence-electron chi connectivity index (χ4n) is 3.79. The van der Waals surface area contributed by atoms with E-state index in [1.165, 1.54) is 43.0 Å². The molecule has 0 unspecified atom stereocenters. The van der Waals surface area contributed by atoms with Crippen molar-refractivity contribution in [3.05, 3.63) is 32.3 Å². The van der Waals surface area contributed by atoms with Crippen LogP contribution in [0.3, 0.4) is 0 Å². The second-order valence-corrected chi connectivity index (χ2v) is 7.35. The number of hydrogen-bond acceptors (Lipinski definition) is 0. The Morgan fingerprint density at radius 3 is 1.59 bits per heavy atom. The molecule has 2 aliphatic rings. The molecule has 0 bridgehead atoms. The summed E-state index contributed by atoms with van der Waals surface area (Å²) in [7, 11) is 0. The standard InChI is InChI=1S/C16H21Br/c1-16(2,3)14-10-6-4-8-12(10)15(17)13-9-5-7-11(13)14/h4-9H2,1-3H3. The highest BCUT2D eigenvalue weighted by Crippen LogP contribution is 2.45. The van der Waals surface area contributed by atoms with Crippen LogP contribution >= 0.6 is 15.9 Å². The fourth-order valence-corrected chi connectivity index (χ4v) is 4.67. The Balaban J connectivity index is 2.34. The first-order valence-electron chi connectivity index (χ1n) is 6.85. The summed E-state index contributed by atoms with van der Waals surface area (Å²) in [6.07, 6.45) is 7.86. The van der Waals surface area contributed by atoms with Gasteiger partial charge in [0.15, 0.2) is 0 Å². The van der Waals surface area contributed by atoms with Crippen molar-refractivity contribution in [2.75, 3.05) is 0 Å². The molecule has 0 saturated heterocycles. The number of benzene rings is 1. The minimum Gasteiger partial charge on any atom is -0.0561 e. The Hall–Kier alpha value is -0.300. The van der Waals surface area contributed by atoms with E-state index in [4.69, 9.17) is 0 Å². The number of rotatable bonds is 0. The molecule has 0 spiro atoms. The van der Waals surface area contributed by atoms with E-state index in [1.54, 1.807) is 27.8 Å². The van der Waals surface area contributed by atoms with Crippen molar-refractivity contribution in [2.45, 2.75) is 64.7 Å². The summed E-state index contributed by atoms with van der Waals surface area (Å²) in [4.78, 5) is 0. The van der Waals surface area contributed by atoms with E-state index in [9.17, 15) is 0 Å². The highest BCUT2D eigenvalue weighted by molar-refractivity contribution is 9.10. The third-order valence-electron chi connectivity index (χ3n) is 4.32. The summed E-state index contributed by atoms with van der Waals surface area (Å²) in [5, 5.41) is 0. The summed E-state index contributed by atoms with van der Waals surface area (Å²) >= 11 is 3.88. The van der Waals surface area contributed by atoms with Gasteiger partial charge in [-0.25, -0.2) is 0 Å². The maximum absolute atomic E-state index is 3.88. The normalized spacial score (nSPS) is 18.4. The lowest BCUT2D eigenvalue weighted by molar-refractivity contribution is 0.576. The lowest BCUT2D eigenvalue weighted by Gasteiger charge is -2.27. The lowest BCUT2D eigenvalue weighted by Crippen LogP contribution is -2.18. The minimum absolute atomic E-state index is 0.309. The quantitative estimate of drug-likeness (QED) is 0.649. The van der Waals surface area contributed by atoms with Crippen LogP contribution < -0.4 is 0 Å². The van der Waals surface area contributed by atoms with Gasteiger partial charge in [0.05, 0.1) is 0 Å². The van der Waals surface area contributed by atoms with Gasteiger partial charge >= 0.3 is 0 Å². The zero-order chi connectivity index (χ0) is 12.2. The summed E-state index contributed by atoms with van der Waals surface area (Å²) in [5.41, 5.74) is 8.64. The molecule has 1 aromatic rings. The Labute approximate surface area is 113 Å². The third-order valence-corrected chi connectivity index (χ3v) is 5.28. The van der Waals surface area contributed by atoms with Crippen LogP contribution in [-0.2, 0) is 31.1 Å². The molecule has 0 nitrogen and oxygen atoms in total. The van der Waals surface area contributed by atoms with Crippen molar-refractivity contribution < 1.29 is 0 Å². The van der Waals surface area contributed by atoms with Crippen LogP contribution in [-0.4, -0.2) is 0 Å². The van der Waals surface area contributed by atoms with Gasteiger partial charge in [-0.15, -0.1) is 0 Å². The van der Waals surface area contributed by atoms with Crippen molar-refractivity contribution in [3.63, 3.8) is 0 Å². The SMILES string of the molecule is CC(C)(C)c1c2c(c(Br)c3c1CCC3)CCC2. The van der Waals surface area contributed by atoms with Crippen LogP contribution in [0, 0.1) is 0 Å². The van der Waals surface area contributed by atoms with E-state index in [0.717, 1.165) is 0 Å². The lowest BCUT2D eigenvalue weighted by atomic mass is 9.78. The van der Waals surface area contributed by atoms with E-state index in [0.29, 0.717) is 5.41 Å². The van der Waals surface area contributed by atoms with Crippen molar-refractivity contribution >= 4 is 15.9 Å². The first-order chi connectivity index (χ1) is 8.00. The molecule has 2 aliphatic carbocycles. The molecule has 1 aromatic carbocycles. The second-order valence-electron chi connectivity index (χ2n) is 6.56. The van der Waals surface area contributed by atoms with Gasteiger partial charge in [-0.1, -0.05) is 36.7 Å². The topological polar surface area (TPSA) is 0 Å². The van der Waals surface area contributed by atoms with Gasteiger partial charge in [-0.3, -0.25) is 0 Å². The summed E-state index contributed by atoms with van der Waals surface area (Å²) in [6.45, 7) is 7.15. The third kappa shape index (κ3) is 1.69. The van der Waals surface area contributed by atoms with Crippen LogP contribution in [0.5, 0.6) is 0 Å². The average molecular weight is 293 g/mol. The minimum atomic E-state index is 0.309. The summed E-state index contributed by atoms with van der Waals surface area (Å²) in [5.74, 6) is 0. The van der Waals surface area contributed by atoms with Gasteiger partial charge in [0.25, 0.3) is 0 Å². The molecule has 0 atom stereocenters. The molecule has 0 fully saturated rings. The van der Waals surface area contributed by atoms with E-state index in [1.807, 2.05) is 0 Å². The van der Waals surface area contributed by atoms with E-state index >= 15 is 0 Å². The molecule has 92 valence electrons. The highest BCUT2D eigenvalue weighted by atomic mass is 79.9. The van der Waals surface area contributed by atoms with Crippen molar-refractivity contribution in [1.29, 1.82) is 0 Å². The fraction of sp³-hybridized carbons (Fsp3) is 0.625. The maximum atomic E-state index is 3.88. The molecule has 3 rings (SSSR count). The van der Waals surface area contributed by atoms with Crippen molar-refractivity contribution in [3.8, 4) is 0 Å². The molecule has 0 heterocycles. The number of hydrogen-bond donors (Lipinski definition) is 0. The van der Waals surface area contributed by atoms with Crippen LogP contribution in [0.1, 0.15) is 61.4 Å². The molecule has 17 heavy (non-hydrogen) atoms. The van der Waals surface area contributed by atoms with Crippen molar-refractivity contribution in [1.82, 2.24) is 0 Å². The molecule has 0 saturated carbocycles. The maximum Gasteiger partial charge on any atom is 0.0245 e. The Morgan fingerprint density at radius 2 is 1.18 bits per heavy atom. The van der Waals surface area contributed by atoms with Gasteiger partial charge in [-0.2, -0.15) is 0 Å². The van der Waals surface area contributed by atoms with Gasteiger partial charge in [0.2, 0.25) is 0 Å². The van der Waals surface area contributed by atoms with Crippen LogP contribution in [0.25, 0.3) is 0 Å². The van der Waals surface area contributed by atoms with Crippen LogP contribution in [0.15, 0.2) is 4.47 Å². The molecule has 0 N–H and O–H groups in total. The zero-order valence-electron chi connectivity index (χ0n) is 11.1. The van der Waals surface area contributed by atoms with Gasteiger partial charge in [-0.05, 0) is 71.8 Å². The Kier molecular flexibility index (Phi) is 2.66. The monoisotopic (exact) mass is 292 g/mol. The number of fused-ring (bicyclic) bond motifs is 2. The number of halogens is 1. The first kappa shape index (κ1) is 11.8. The van der Waals surface area contributed by atoms with Gasteiger partial charge < -0.3 is 0 Å².